The van der Waals surface area contributed by atoms with Crippen LogP contribution in [0.2, 0.25) is 0 Å². The summed E-state index contributed by atoms with van der Waals surface area (Å²) in [5.41, 5.74) is 1.91. The van der Waals surface area contributed by atoms with Gasteiger partial charge in [-0.2, -0.15) is 0 Å². The van der Waals surface area contributed by atoms with Crippen LogP contribution in [0.15, 0.2) is 75.0 Å². The molecule has 96 valence electrons. The fourth-order valence-electron chi connectivity index (χ4n) is 1.54. The fraction of sp³-hybridized carbons (Fsp3) is 0. The summed E-state index contributed by atoms with van der Waals surface area (Å²) in [4.78, 5) is 4.31. The van der Waals surface area contributed by atoms with Crippen molar-refractivity contribution in [1.82, 2.24) is 9.55 Å². The van der Waals surface area contributed by atoms with Gasteiger partial charge in [-0.15, -0.1) is 0 Å². The summed E-state index contributed by atoms with van der Waals surface area (Å²) in [6.45, 7) is 14.9. The minimum Gasteiger partial charge on any atom is -0.300 e. The van der Waals surface area contributed by atoms with E-state index in [-0.39, 0.29) is 0 Å². The largest absolute Gasteiger partial charge is 0.300 e. The molecule has 0 bridgehead atoms. The predicted molar refractivity (Wildman–Crippen MR) is 85.4 cm³/mol. The van der Waals surface area contributed by atoms with Gasteiger partial charge < -0.3 is 0 Å². The van der Waals surface area contributed by atoms with E-state index < -0.39 is 0 Å². The summed E-state index contributed by atoms with van der Waals surface area (Å²) in [5.74, 6) is 0.772. The van der Waals surface area contributed by atoms with Crippen LogP contribution in [0.3, 0.4) is 0 Å². The third-order valence-corrected chi connectivity index (χ3v) is 2.42. The first kappa shape index (κ1) is 14.5. The first-order valence-electron chi connectivity index (χ1n) is 5.89. The van der Waals surface area contributed by atoms with E-state index in [0.717, 1.165) is 17.1 Å². The third-order valence-electron chi connectivity index (χ3n) is 2.42. The SMILES string of the molecule is C=C/C=C\C=C(/C=C)c1cnc(C=C)n1/C=C\C=C. The second-order valence-corrected chi connectivity index (χ2v) is 3.60. The Morgan fingerprint density at radius 3 is 2.37 bits per heavy atom. The quantitative estimate of drug-likeness (QED) is 0.652. The maximum Gasteiger partial charge on any atom is 0.136 e. The lowest BCUT2D eigenvalue weighted by Gasteiger charge is -2.05. The highest BCUT2D eigenvalue weighted by atomic mass is 15.1. The molecule has 0 N–H and O–H groups in total. The molecule has 2 heteroatoms. The van der Waals surface area contributed by atoms with Crippen molar-refractivity contribution < 1.29 is 0 Å². The zero-order valence-corrected chi connectivity index (χ0v) is 11.0. The number of rotatable bonds is 7. The van der Waals surface area contributed by atoms with Gasteiger partial charge in [0.1, 0.15) is 5.82 Å². The molecule has 0 aliphatic heterocycles. The summed E-state index contributed by atoms with van der Waals surface area (Å²) in [6.07, 6.45) is 18.2. The molecule has 0 fully saturated rings. The van der Waals surface area contributed by atoms with Gasteiger partial charge in [0.25, 0.3) is 0 Å². The molecule has 1 rings (SSSR count). The van der Waals surface area contributed by atoms with Crippen LogP contribution in [-0.4, -0.2) is 9.55 Å². The molecule has 1 heterocycles. The van der Waals surface area contributed by atoms with E-state index >= 15 is 0 Å². The lowest BCUT2D eigenvalue weighted by molar-refractivity contribution is 1.09. The Bertz CT molecular complexity index is 566. The maximum absolute atomic E-state index is 4.31. The molecule has 0 radical (unpaired) electrons. The Balaban J connectivity index is 3.31. The second kappa shape index (κ2) is 7.67. The molecule has 0 aliphatic carbocycles. The highest BCUT2D eigenvalue weighted by Gasteiger charge is 2.07. The lowest BCUT2D eigenvalue weighted by Crippen LogP contribution is -1.95. The summed E-state index contributed by atoms with van der Waals surface area (Å²) in [5, 5.41) is 0. The van der Waals surface area contributed by atoms with Crippen LogP contribution in [-0.2, 0) is 0 Å². The molecule has 19 heavy (non-hydrogen) atoms. The Morgan fingerprint density at radius 2 is 1.79 bits per heavy atom. The van der Waals surface area contributed by atoms with E-state index in [4.69, 9.17) is 0 Å². The van der Waals surface area contributed by atoms with Crippen LogP contribution in [0, 0.1) is 0 Å². The number of imidazole rings is 1. The molecule has 2 nitrogen and oxygen atoms in total. The molecule has 0 atom stereocenters. The molecule has 0 aromatic carbocycles. The Kier molecular flexibility index (Phi) is 5.83. The van der Waals surface area contributed by atoms with Crippen molar-refractivity contribution in [3.63, 3.8) is 0 Å². The molecule has 1 aromatic rings. The van der Waals surface area contributed by atoms with E-state index in [2.05, 4.69) is 31.3 Å². The van der Waals surface area contributed by atoms with Gasteiger partial charge in [0.2, 0.25) is 0 Å². The van der Waals surface area contributed by atoms with Gasteiger partial charge in [-0.1, -0.05) is 62.8 Å². The van der Waals surface area contributed by atoms with E-state index in [1.165, 1.54) is 0 Å². The van der Waals surface area contributed by atoms with Gasteiger partial charge in [-0.05, 0) is 17.7 Å². The van der Waals surface area contributed by atoms with Crippen LogP contribution in [0.4, 0.5) is 0 Å². The minimum atomic E-state index is 0.772. The zero-order valence-electron chi connectivity index (χ0n) is 11.0. The van der Waals surface area contributed by atoms with Crippen LogP contribution in [0.1, 0.15) is 11.5 Å². The van der Waals surface area contributed by atoms with Crippen molar-refractivity contribution >= 4 is 17.8 Å². The van der Waals surface area contributed by atoms with Crippen molar-refractivity contribution in [3.8, 4) is 0 Å². The van der Waals surface area contributed by atoms with Gasteiger partial charge in [0.05, 0.1) is 11.9 Å². The molecule has 0 saturated heterocycles. The van der Waals surface area contributed by atoms with Crippen molar-refractivity contribution in [2.75, 3.05) is 0 Å². The molecular weight excluding hydrogens is 232 g/mol. The van der Waals surface area contributed by atoms with Gasteiger partial charge in [-0.25, -0.2) is 4.98 Å². The molecule has 1 aromatic heterocycles. The average molecular weight is 250 g/mol. The van der Waals surface area contributed by atoms with Gasteiger partial charge in [0.15, 0.2) is 0 Å². The number of aromatic nitrogens is 2. The van der Waals surface area contributed by atoms with Crippen LogP contribution in [0.25, 0.3) is 17.8 Å². The number of hydrogen-bond acceptors (Lipinski definition) is 1. The van der Waals surface area contributed by atoms with E-state index in [1.54, 1.807) is 30.5 Å². The van der Waals surface area contributed by atoms with E-state index in [1.807, 2.05) is 35.1 Å². The summed E-state index contributed by atoms with van der Waals surface area (Å²) in [7, 11) is 0. The standard InChI is InChI=1S/C17H18N2/c1-5-9-11-12-15(7-3)16-14-18-17(8-4)19(16)13-10-6-2/h5-14H,1-4H2/b11-9-,13-10-,15-12+. The first-order chi connectivity index (χ1) is 9.28. The lowest BCUT2D eigenvalue weighted by atomic mass is 10.2. The summed E-state index contributed by atoms with van der Waals surface area (Å²) >= 11 is 0. The number of hydrogen-bond donors (Lipinski definition) is 0. The highest BCUT2D eigenvalue weighted by Crippen LogP contribution is 2.19. The second-order valence-electron chi connectivity index (χ2n) is 3.60. The van der Waals surface area contributed by atoms with Crippen LogP contribution < -0.4 is 0 Å². The molecule has 0 spiro atoms. The normalized spacial score (nSPS) is 11.9. The number of allylic oxidation sites excluding steroid dienone is 8. The fourth-order valence-corrected chi connectivity index (χ4v) is 1.54. The first-order valence-corrected chi connectivity index (χ1v) is 5.89. The topological polar surface area (TPSA) is 17.8 Å². The Hall–Kier alpha value is -2.61. The number of nitrogens with zero attached hydrogens (tertiary/aromatic N) is 2. The van der Waals surface area contributed by atoms with E-state index in [9.17, 15) is 0 Å². The molecule has 0 aliphatic rings. The van der Waals surface area contributed by atoms with Crippen molar-refractivity contribution in [1.29, 1.82) is 0 Å². The Labute approximate surface area is 114 Å². The van der Waals surface area contributed by atoms with E-state index in [0.29, 0.717) is 0 Å². The molecule has 0 saturated carbocycles. The van der Waals surface area contributed by atoms with Gasteiger partial charge in [-0.3, -0.25) is 4.57 Å². The zero-order chi connectivity index (χ0) is 14.1. The predicted octanol–water partition coefficient (Wildman–Crippen LogP) is 4.49. The third kappa shape index (κ3) is 3.68. The maximum atomic E-state index is 4.31. The van der Waals surface area contributed by atoms with Crippen molar-refractivity contribution in [3.05, 3.63) is 86.6 Å². The highest BCUT2D eigenvalue weighted by molar-refractivity contribution is 5.74. The van der Waals surface area contributed by atoms with Crippen LogP contribution in [0.5, 0.6) is 0 Å². The summed E-state index contributed by atoms with van der Waals surface area (Å²) < 4.78 is 1.93. The summed E-state index contributed by atoms with van der Waals surface area (Å²) in [6, 6.07) is 0. The van der Waals surface area contributed by atoms with Crippen LogP contribution >= 0.6 is 0 Å². The average Bonchev–Trinajstić information content (AvgIpc) is 2.84. The van der Waals surface area contributed by atoms with Crippen molar-refractivity contribution in [2.24, 2.45) is 0 Å². The van der Waals surface area contributed by atoms with Gasteiger partial charge >= 0.3 is 0 Å². The monoisotopic (exact) mass is 250 g/mol. The minimum absolute atomic E-state index is 0.772. The Morgan fingerprint density at radius 1 is 1.05 bits per heavy atom. The molecule has 0 amide bonds. The molecule has 0 unspecified atom stereocenters. The smallest absolute Gasteiger partial charge is 0.136 e. The van der Waals surface area contributed by atoms with Gasteiger partial charge in [0, 0.05) is 6.20 Å². The van der Waals surface area contributed by atoms with Crippen molar-refractivity contribution in [2.45, 2.75) is 0 Å². The molecular formula is C17H18N2.